The largest absolute Gasteiger partial charge is 0.481 e. The van der Waals surface area contributed by atoms with Crippen molar-refractivity contribution in [3.63, 3.8) is 0 Å². The summed E-state index contributed by atoms with van der Waals surface area (Å²) in [6.45, 7) is 16.3. The van der Waals surface area contributed by atoms with E-state index < -0.39 is 84.9 Å². The number of carbonyl (C=O) groups excluding carboxylic acids is 5. The minimum Gasteiger partial charge on any atom is -0.481 e. The third-order valence-corrected chi connectivity index (χ3v) is 8.36. The quantitative estimate of drug-likeness (QED) is 0.0823. The van der Waals surface area contributed by atoms with Crippen LogP contribution in [-0.4, -0.2) is 93.2 Å². The minimum absolute atomic E-state index is 0.00788. The van der Waals surface area contributed by atoms with Crippen LogP contribution in [-0.2, 0) is 35.2 Å². The van der Waals surface area contributed by atoms with Crippen molar-refractivity contribution in [3.8, 4) is 0 Å². The van der Waals surface area contributed by atoms with Crippen molar-refractivity contribution < 1.29 is 44.1 Å². The van der Waals surface area contributed by atoms with Gasteiger partial charge in [0, 0.05) is 12.8 Å². The van der Waals surface area contributed by atoms with Crippen LogP contribution in [0.5, 0.6) is 0 Å². The Morgan fingerprint density at radius 1 is 0.577 bits per heavy atom. The molecule has 294 valence electrons. The van der Waals surface area contributed by atoms with Crippen LogP contribution in [0.2, 0.25) is 0 Å². The molecule has 0 aliphatic rings. The van der Waals surface area contributed by atoms with Gasteiger partial charge in [0.15, 0.2) is 0 Å². The molecule has 0 fully saturated rings. The second-order valence-electron chi connectivity index (χ2n) is 15.4. The van der Waals surface area contributed by atoms with Gasteiger partial charge in [-0.05, 0) is 49.0 Å². The predicted molar refractivity (Wildman–Crippen MR) is 198 cm³/mol. The van der Waals surface area contributed by atoms with E-state index >= 15 is 0 Å². The molecule has 1 rings (SSSR count). The van der Waals surface area contributed by atoms with Crippen molar-refractivity contribution in [1.82, 2.24) is 26.6 Å². The van der Waals surface area contributed by atoms with Crippen LogP contribution in [0.4, 0.5) is 0 Å². The third-order valence-electron chi connectivity index (χ3n) is 8.36. The number of aliphatic hydroxyl groups is 2. The number of aliphatic hydroxyl groups excluding tert-OH is 2. The summed E-state index contributed by atoms with van der Waals surface area (Å²) in [6, 6.07) is 4.28. The van der Waals surface area contributed by atoms with Crippen molar-refractivity contribution in [3.05, 3.63) is 35.9 Å². The maximum atomic E-state index is 13.9. The van der Waals surface area contributed by atoms with Crippen molar-refractivity contribution >= 4 is 35.5 Å². The lowest BCUT2D eigenvalue weighted by molar-refractivity contribution is -0.140. The molecule has 0 spiro atoms. The van der Waals surface area contributed by atoms with Crippen molar-refractivity contribution in [2.45, 2.75) is 143 Å². The Morgan fingerprint density at radius 2 is 1.08 bits per heavy atom. The van der Waals surface area contributed by atoms with E-state index in [0.29, 0.717) is 12.8 Å². The Kier molecular flexibility index (Phi) is 20.2. The lowest BCUT2D eigenvalue weighted by Crippen LogP contribution is -2.58. The topological polar surface area (TPSA) is 223 Å². The Labute approximate surface area is 308 Å². The van der Waals surface area contributed by atoms with Gasteiger partial charge in [-0.2, -0.15) is 0 Å². The van der Waals surface area contributed by atoms with Gasteiger partial charge in [-0.25, -0.2) is 0 Å². The van der Waals surface area contributed by atoms with Crippen LogP contribution >= 0.6 is 0 Å². The fourth-order valence-electron chi connectivity index (χ4n) is 5.71. The zero-order valence-corrected chi connectivity index (χ0v) is 32.3. The van der Waals surface area contributed by atoms with Gasteiger partial charge in [0.05, 0.1) is 37.1 Å². The number of carboxylic acid groups (broad SMARTS) is 1. The first-order valence-electron chi connectivity index (χ1n) is 18.3. The van der Waals surface area contributed by atoms with Gasteiger partial charge in [0.1, 0.15) is 18.1 Å². The molecule has 1 aromatic rings. The first-order valence-corrected chi connectivity index (χ1v) is 18.3. The van der Waals surface area contributed by atoms with Crippen LogP contribution in [0.25, 0.3) is 0 Å². The molecule has 52 heavy (non-hydrogen) atoms. The molecule has 0 unspecified atom stereocenters. The second kappa shape index (κ2) is 22.8. The van der Waals surface area contributed by atoms with Gasteiger partial charge >= 0.3 is 5.97 Å². The molecule has 14 heteroatoms. The Hall–Kier alpha value is -4.04. The molecule has 8 N–H and O–H groups in total. The second-order valence-corrected chi connectivity index (χ2v) is 15.4. The van der Waals surface area contributed by atoms with Crippen LogP contribution in [0.3, 0.4) is 0 Å². The summed E-state index contributed by atoms with van der Waals surface area (Å²) in [5, 5.41) is 44.2. The van der Waals surface area contributed by atoms with E-state index in [1.807, 2.05) is 71.9 Å². The van der Waals surface area contributed by atoms with E-state index in [4.69, 9.17) is 5.11 Å². The number of carboxylic acids is 1. The van der Waals surface area contributed by atoms with Crippen LogP contribution in [0.15, 0.2) is 30.3 Å². The molecule has 14 nitrogen and oxygen atoms in total. The lowest BCUT2D eigenvalue weighted by Gasteiger charge is -2.30. The summed E-state index contributed by atoms with van der Waals surface area (Å²) in [4.78, 5) is 77.0. The number of hydrogen-bond donors (Lipinski definition) is 8. The van der Waals surface area contributed by atoms with Gasteiger partial charge in [-0.15, -0.1) is 0 Å². The van der Waals surface area contributed by atoms with E-state index in [9.17, 15) is 39.0 Å². The van der Waals surface area contributed by atoms with Crippen molar-refractivity contribution in [2.24, 2.45) is 23.7 Å². The maximum absolute atomic E-state index is 13.9. The number of aliphatic carboxylic acids is 1. The molecule has 0 aliphatic heterocycles. The molecule has 0 saturated heterocycles. The molecule has 0 aliphatic carbocycles. The number of rotatable bonds is 23. The Balaban J connectivity index is 3.11. The highest BCUT2D eigenvalue weighted by molar-refractivity contribution is 5.92. The van der Waals surface area contributed by atoms with E-state index in [0.717, 1.165) is 5.56 Å². The van der Waals surface area contributed by atoms with Gasteiger partial charge in [0.2, 0.25) is 29.5 Å². The number of hydrogen-bond acceptors (Lipinski definition) is 8. The number of nitrogens with one attached hydrogen (secondary N) is 5. The molecule has 0 heterocycles. The SMILES string of the molecule is CC(C)CC(=O)N[C@H](C(=O)N[C@@H](Cc1ccccc1)C(=O)N[C@@H](CC(C)C)[C@@H](O)CC(=O)N[C@@H](C)C(=O)N[C@@H](CC(C)C)[C@@H](O)CC(=O)O)C(C)C. The van der Waals surface area contributed by atoms with E-state index in [1.165, 1.54) is 6.92 Å². The summed E-state index contributed by atoms with van der Waals surface area (Å²) >= 11 is 0. The van der Waals surface area contributed by atoms with Crippen LogP contribution < -0.4 is 26.6 Å². The molecule has 0 bridgehead atoms. The molecular weight excluding hydrogens is 670 g/mol. The summed E-state index contributed by atoms with van der Waals surface area (Å²) in [7, 11) is 0. The lowest BCUT2D eigenvalue weighted by atomic mass is 9.95. The molecule has 1 aromatic carbocycles. The molecule has 0 aromatic heterocycles. The molecule has 5 amide bonds. The molecular formula is C38H63N5O9. The zero-order valence-electron chi connectivity index (χ0n) is 32.3. The fraction of sp³-hybridized carbons (Fsp3) is 0.684. The number of benzene rings is 1. The normalized spacial score (nSPS) is 15.6. The first-order chi connectivity index (χ1) is 24.2. The van der Waals surface area contributed by atoms with E-state index in [2.05, 4.69) is 26.6 Å². The fourth-order valence-corrected chi connectivity index (χ4v) is 5.71. The predicted octanol–water partition coefficient (Wildman–Crippen LogP) is 2.05. The Bertz CT molecular complexity index is 1300. The van der Waals surface area contributed by atoms with Crippen LogP contribution in [0.1, 0.15) is 100.0 Å². The van der Waals surface area contributed by atoms with Gasteiger partial charge < -0.3 is 41.9 Å². The van der Waals surface area contributed by atoms with Crippen molar-refractivity contribution in [2.75, 3.05) is 0 Å². The summed E-state index contributed by atoms with van der Waals surface area (Å²) in [5.41, 5.74) is 0.770. The highest BCUT2D eigenvalue weighted by atomic mass is 16.4. The van der Waals surface area contributed by atoms with Gasteiger partial charge in [-0.1, -0.05) is 85.7 Å². The first kappa shape index (κ1) is 46.0. The summed E-state index contributed by atoms with van der Waals surface area (Å²) in [5.74, 6) is -4.06. The molecule has 7 atom stereocenters. The standard InChI is InChI=1S/C38H63N5O9/c1-21(2)15-27(30(44)19-33(47)39-25(9)36(50)40-28(16-22(3)4)31(45)20-34(48)49)41-37(51)29(18-26-13-11-10-12-14-26)42-38(52)35(24(7)8)43-32(46)17-23(5)6/h10-14,21-25,27-31,35,44-45H,15-20H2,1-9H3,(H,39,47)(H,40,50)(H,41,51)(H,42,52)(H,43,46)(H,48,49)/t25-,27-,28-,29-,30-,31-,35-/m0/s1. The zero-order chi connectivity index (χ0) is 39.7. The average Bonchev–Trinajstić information content (AvgIpc) is 3.01. The summed E-state index contributed by atoms with van der Waals surface area (Å²) < 4.78 is 0. The Morgan fingerprint density at radius 3 is 1.56 bits per heavy atom. The van der Waals surface area contributed by atoms with Gasteiger partial charge in [-0.3, -0.25) is 28.8 Å². The van der Waals surface area contributed by atoms with Crippen LogP contribution in [0, 0.1) is 23.7 Å². The highest BCUT2D eigenvalue weighted by Crippen LogP contribution is 2.15. The molecule has 0 radical (unpaired) electrons. The maximum Gasteiger partial charge on any atom is 0.306 e. The number of carbonyl (C=O) groups is 6. The minimum atomic E-state index is -1.36. The van der Waals surface area contributed by atoms with Crippen molar-refractivity contribution in [1.29, 1.82) is 0 Å². The smallest absolute Gasteiger partial charge is 0.306 e. The monoisotopic (exact) mass is 733 g/mol. The summed E-state index contributed by atoms with van der Waals surface area (Å²) in [6.07, 6.45) is -2.74. The average molecular weight is 734 g/mol. The van der Waals surface area contributed by atoms with E-state index in [-0.39, 0.29) is 42.4 Å². The van der Waals surface area contributed by atoms with E-state index in [1.54, 1.807) is 13.8 Å². The third kappa shape index (κ3) is 17.9. The number of amides is 5. The molecule has 0 saturated carbocycles. The van der Waals surface area contributed by atoms with Gasteiger partial charge in [0.25, 0.3) is 0 Å². The highest BCUT2D eigenvalue weighted by Gasteiger charge is 2.33.